The first-order chi connectivity index (χ1) is 12.5. The molecule has 2 heterocycles. The van der Waals surface area contributed by atoms with Gasteiger partial charge in [0.15, 0.2) is 0 Å². The third-order valence-corrected chi connectivity index (χ3v) is 6.07. The van der Waals surface area contributed by atoms with Gasteiger partial charge in [-0.3, -0.25) is 9.69 Å². The van der Waals surface area contributed by atoms with Crippen molar-refractivity contribution in [2.24, 2.45) is 5.41 Å². The molecule has 3 rings (SSSR count). The number of benzene rings is 1. The average molecular weight is 360 g/mol. The summed E-state index contributed by atoms with van der Waals surface area (Å²) >= 11 is 0. The van der Waals surface area contributed by atoms with Crippen LogP contribution in [0.1, 0.15) is 31.7 Å². The van der Waals surface area contributed by atoms with Crippen LogP contribution in [0.4, 0.5) is 0 Å². The Balaban J connectivity index is 1.49. The number of likely N-dealkylation sites (N-methyl/N-ethyl adjacent to an activating group) is 2. The van der Waals surface area contributed by atoms with Gasteiger partial charge in [0.2, 0.25) is 5.91 Å². The van der Waals surface area contributed by atoms with Gasteiger partial charge < -0.3 is 15.0 Å². The van der Waals surface area contributed by atoms with E-state index < -0.39 is 0 Å². The van der Waals surface area contributed by atoms with Crippen LogP contribution in [-0.2, 0) is 11.2 Å². The summed E-state index contributed by atoms with van der Waals surface area (Å²) in [6.07, 6.45) is 4.36. The molecule has 2 aliphatic rings. The zero-order chi connectivity index (χ0) is 18.6. The fourth-order valence-electron chi connectivity index (χ4n) is 4.39. The van der Waals surface area contributed by atoms with Crippen molar-refractivity contribution in [2.45, 2.75) is 38.6 Å². The van der Waals surface area contributed by atoms with Crippen molar-refractivity contribution in [3.8, 4) is 5.75 Å². The maximum Gasteiger partial charge on any atom is 0.239 e. The lowest BCUT2D eigenvalue weighted by Gasteiger charge is -2.33. The molecule has 0 radical (unpaired) electrons. The molecule has 1 atom stereocenters. The van der Waals surface area contributed by atoms with Gasteiger partial charge in [0.25, 0.3) is 0 Å². The van der Waals surface area contributed by atoms with Gasteiger partial charge in [0, 0.05) is 13.6 Å². The van der Waals surface area contributed by atoms with Gasteiger partial charge >= 0.3 is 0 Å². The molecule has 0 aliphatic carbocycles. The molecular formula is C21H33N3O2. The number of ether oxygens (including phenoxy) is 1. The number of nitrogens with zero attached hydrogens (tertiary/aromatic N) is 2. The van der Waals surface area contributed by atoms with Gasteiger partial charge in [-0.1, -0.05) is 19.1 Å². The second kappa shape index (κ2) is 8.40. The molecule has 1 aromatic rings. The average Bonchev–Trinajstić information content (AvgIpc) is 2.97. The van der Waals surface area contributed by atoms with E-state index in [1.807, 2.05) is 24.1 Å². The summed E-state index contributed by atoms with van der Waals surface area (Å²) in [4.78, 5) is 17.0. The minimum Gasteiger partial charge on any atom is -0.492 e. The molecule has 26 heavy (non-hydrogen) atoms. The molecule has 5 nitrogen and oxygen atoms in total. The maximum absolute atomic E-state index is 12.9. The number of likely N-dealkylation sites (tertiary alicyclic amines) is 1. The van der Waals surface area contributed by atoms with Crippen LogP contribution < -0.4 is 10.1 Å². The molecule has 1 amide bonds. The predicted octanol–water partition coefficient (Wildman–Crippen LogP) is 2.16. The molecule has 5 heteroatoms. The highest BCUT2D eigenvalue weighted by atomic mass is 16.5. The summed E-state index contributed by atoms with van der Waals surface area (Å²) in [5, 5.41) is 3.44. The molecule has 2 fully saturated rings. The van der Waals surface area contributed by atoms with Crippen molar-refractivity contribution >= 4 is 5.91 Å². The van der Waals surface area contributed by atoms with Crippen LogP contribution in [0, 0.1) is 5.41 Å². The van der Waals surface area contributed by atoms with Gasteiger partial charge in [0.1, 0.15) is 12.4 Å². The number of carbonyl (C=O) groups is 1. The zero-order valence-electron chi connectivity index (χ0n) is 16.5. The smallest absolute Gasteiger partial charge is 0.239 e. The third-order valence-electron chi connectivity index (χ3n) is 6.07. The normalized spacial score (nSPS) is 22.5. The van der Waals surface area contributed by atoms with Gasteiger partial charge in [0.05, 0.1) is 12.6 Å². The third kappa shape index (κ3) is 4.38. The lowest BCUT2D eigenvalue weighted by molar-refractivity contribution is -0.134. The molecular weight excluding hydrogens is 326 g/mol. The van der Waals surface area contributed by atoms with Crippen molar-refractivity contribution in [3.63, 3.8) is 0 Å². The molecule has 0 unspecified atom stereocenters. The first-order valence-corrected chi connectivity index (χ1v) is 9.91. The Bertz CT molecular complexity index is 613. The maximum atomic E-state index is 12.9. The Morgan fingerprint density at radius 2 is 2.15 bits per heavy atom. The van der Waals surface area contributed by atoms with Crippen molar-refractivity contribution in [2.75, 3.05) is 46.9 Å². The molecule has 1 spiro atoms. The summed E-state index contributed by atoms with van der Waals surface area (Å²) in [5.41, 5.74) is 1.60. The molecule has 0 aromatic heterocycles. The number of hydrogen-bond acceptors (Lipinski definition) is 4. The van der Waals surface area contributed by atoms with Crippen LogP contribution in [0.3, 0.4) is 0 Å². The lowest BCUT2D eigenvalue weighted by Crippen LogP contribution is -2.43. The van der Waals surface area contributed by atoms with Crippen molar-refractivity contribution < 1.29 is 9.53 Å². The highest BCUT2D eigenvalue weighted by molar-refractivity contribution is 5.82. The highest BCUT2D eigenvalue weighted by Crippen LogP contribution is 2.41. The van der Waals surface area contributed by atoms with E-state index in [0.717, 1.165) is 38.2 Å². The number of rotatable bonds is 6. The minimum absolute atomic E-state index is 0.0153. The van der Waals surface area contributed by atoms with Crippen molar-refractivity contribution in [1.82, 2.24) is 15.1 Å². The summed E-state index contributed by atoms with van der Waals surface area (Å²) < 4.78 is 5.85. The van der Waals surface area contributed by atoms with Crippen molar-refractivity contribution in [1.29, 1.82) is 0 Å². The Morgan fingerprint density at radius 3 is 2.88 bits per heavy atom. The number of amides is 1. The van der Waals surface area contributed by atoms with Gasteiger partial charge in [-0.05, 0) is 68.9 Å². The summed E-state index contributed by atoms with van der Waals surface area (Å²) in [6.45, 7) is 6.48. The highest BCUT2D eigenvalue weighted by Gasteiger charge is 2.46. The number of piperidine rings is 1. The Morgan fingerprint density at radius 1 is 1.38 bits per heavy atom. The van der Waals surface area contributed by atoms with Crippen LogP contribution in [-0.4, -0.2) is 68.6 Å². The van der Waals surface area contributed by atoms with E-state index in [1.54, 1.807) is 0 Å². The number of nitrogens with one attached hydrogen (secondary N) is 1. The minimum atomic E-state index is 0.0153. The monoisotopic (exact) mass is 359 g/mol. The molecule has 0 saturated carbocycles. The molecule has 0 bridgehead atoms. The molecule has 1 aromatic carbocycles. The second-order valence-corrected chi connectivity index (χ2v) is 7.99. The SMILES string of the molecule is CCc1cccc(OCCN(C)C(=O)[C@H]2CC3(CCNCC3)CN2C)c1. The van der Waals surface area contributed by atoms with Gasteiger partial charge in [-0.2, -0.15) is 0 Å². The van der Waals surface area contributed by atoms with Gasteiger partial charge in [-0.25, -0.2) is 0 Å². The second-order valence-electron chi connectivity index (χ2n) is 7.99. The van der Waals surface area contributed by atoms with E-state index in [1.165, 1.54) is 18.4 Å². The van der Waals surface area contributed by atoms with Crippen LogP contribution in [0.5, 0.6) is 5.75 Å². The standard InChI is InChI=1S/C21H33N3O2/c1-4-17-6-5-7-18(14-17)26-13-12-23(2)20(25)19-15-21(16-24(19)3)8-10-22-11-9-21/h5-7,14,19,22H,4,8-13,15-16H2,1-3H3/t19-/m1/s1. The Kier molecular flexibility index (Phi) is 6.20. The van der Waals surface area contributed by atoms with Crippen LogP contribution in [0.25, 0.3) is 0 Å². The Hall–Kier alpha value is -1.59. The fraction of sp³-hybridized carbons (Fsp3) is 0.667. The molecule has 1 N–H and O–H groups in total. The quantitative estimate of drug-likeness (QED) is 0.845. The van der Waals surface area contributed by atoms with Crippen LogP contribution >= 0.6 is 0 Å². The zero-order valence-corrected chi connectivity index (χ0v) is 16.5. The van der Waals surface area contributed by atoms with Crippen molar-refractivity contribution in [3.05, 3.63) is 29.8 Å². The van der Waals surface area contributed by atoms with Crippen LogP contribution in [0.15, 0.2) is 24.3 Å². The topological polar surface area (TPSA) is 44.8 Å². The number of carbonyl (C=O) groups excluding carboxylic acids is 1. The van der Waals surface area contributed by atoms with E-state index in [-0.39, 0.29) is 11.9 Å². The molecule has 144 valence electrons. The largest absolute Gasteiger partial charge is 0.492 e. The van der Waals surface area contributed by atoms with E-state index >= 15 is 0 Å². The number of hydrogen-bond donors (Lipinski definition) is 1. The van der Waals surface area contributed by atoms with E-state index in [4.69, 9.17) is 4.74 Å². The van der Waals surface area contributed by atoms with E-state index in [0.29, 0.717) is 18.6 Å². The lowest BCUT2D eigenvalue weighted by atomic mass is 9.77. The molecule has 2 saturated heterocycles. The predicted molar refractivity (Wildman–Crippen MR) is 105 cm³/mol. The Labute approximate surface area is 157 Å². The summed E-state index contributed by atoms with van der Waals surface area (Å²) in [5.74, 6) is 1.12. The van der Waals surface area contributed by atoms with E-state index in [2.05, 4.69) is 36.3 Å². The summed E-state index contributed by atoms with van der Waals surface area (Å²) in [7, 11) is 4.00. The van der Waals surface area contributed by atoms with E-state index in [9.17, 15) is 4.79 Å². The fourth-order valence-corrected chi connectivity index (χ4v) is 4.39. The molecule has 2 aliphatic heterocycles. The summed E-state index contributed by atoms with van der Waals surface area (Å²) in [6, 6.07) is 8.20. The van der Waals surface area contributed by atoms with Gasteiger partial charge in [-0.15, -0.1) is 0 Å². The first-order valence-electron chi connectivity index (χ1n) is 9.91. The number of aryl methyl sites for hydroxylation is 1. The van der Waals surface area contributed by atoms with Crippen LogP contribution in [0.2, 0.25) is 0 Å². The first kappa shape index (κ1) is 19.2.